The number of aryl methyl sites for hydroxylation is 1. The van der Waals surface area contributed by atoms with Crippen LogP contribution in [0.15, 0.2) is 170 Å². The molecule has 0 saturated heterocycles. The Balaban J connectivity index is 0.000000148. The normalized spacial score (nSPS) is 15.6. The number of para-hydroxylation sites is 3. The zero-order valence-electron chi connectivity index (χ0n) is 30.8. The first-order chi connectivity index (χ1) is 26.5. The maximum absolute atomic E-state index is 3.48. The number of fused-ring (bicyclic) bond motifs is 9. The van der Waals surface area contributed by atoms with E-state index in [2.05, 4.69) is 204 Å². The predicted molar refractivity (Wildman–Crippen MR) is 227 cm³/mol. The van der Waals surface area contributed by atoms with Crippen LogP contribution in [0.2, 0.25) is 0 Å². The van der Waals surface area contributed by atoms with E-state index in [1.54, 1.807) is 0 Å². The van der Waals surface area contributed by atoms with E-state index in [1.807, 2.05) is 6.20 Å². The molecule has 0 bridgehead atoms. The molecule has 7 aromatic carbocycles. The first kappa shape index (κ1) is 32.3. The van der Waals surface area contributed by atoms with Crippen molar-refractivity contribution in [2.45, 2.75) is 25.3 Å². The van der Waals surface area contributed by atoms with E-state index in [0.29, 0.717) is 6.04 Å². The van der Waals surface area contributed by atoms with Gasteiger partial charge >= 0.3 is 0 Å². The van der Waals surface area contributed by atoms with Crippen LogP contribution in [-0.2, 0) is 12.5 Å². The Bertz CT molecular complexity index is 2910. The van der Waals surface area contributed by atoms with Crippen LogP contribution < -0.4 is 10.6 Å². The number of benzene rings is 7. The SMILES string of the molecule is CC1(C)c2ccccc2-c2ccc(C3C=CNCN3)cc21.Cn1c2ccccc2c2cc(-c3ccc4c(c3)c3ccccc3n4-c3ccccc3)ccc21. The Morgan fingerprint density at radius 1 is 0.537 bits per heavy atom. The van der Waals surface area contributed by atoms with Crippen LogP contribution in [0.1, 0.15) is 36.6 Å². The van der Waals surface area contributed by atoms with Gasteiger partial charge in [-0.25, -0.2) is 0 Å². The smallest absolute Gasteiger partial charge is 0.0655 e. The Hall–Kier alpha value is -6.36. The van der Waals surface area contributed by atoms with Crippen LogP contribution >= 0.6 is 0 Å². The topological polar surface area (TPSA) is 33.9 Å². The second-order valence-electron chi connectivity index (χ2n) is 15.1. The van der Waals surface area contributed by atoms with E-state index in [0.717, 1.165) is 6.67 Å². The first-order valence-corrected chi connectivity index (χ1v) is 18.9. The highest BCUT2D eigenvalue weighted by Gasteiger charge is 2.35. The van der Waals surface area contributed by atoms with Gasteiger partial charge in [0.15, 0.2) is 0 Å². The second kappa shape index (κ2) is 12.6. The number of aromatic nitrogens is 2. The molecule has 9 aromatic rings. The van der Waals surface area contributed by atoms with Crippen molar-refractivity contribution in [3.63, 3.8) is 0 Å². The van der Waals surface area contributed by atoms with Crippen LogP contribution in [-0.4, -0.2) is 15.8 Å². The standard InChI is InChI=1S/C31H22N2.C19H20N2/c1-32-28-13-7-5-11-24(28)26-19-21(15-17-29(26)32)22-16-18-31-27(20-22)25-12-6-8-14-30(25)33(31)23-9-3-2-4-10-23;1-19(2)16-6-4-3-5-14(16)15-8-7-13(11-17(15)19)18-9-10-20-12-21-18/h2-20H,1H3;3-11,18,20-21H,12H2,1-2H3. The first-order valence-electron chi connectivity index (χ1n) is 18.9. The molecule has 1 unspecified atom stereocenters. The van der Waals surface area contributed by atoms with Crippen LogP contribution in [0, 0.1) is 0 Å². The molecule has 2 aromatic heterocycles. The van der Waals surface area contributed by atoms with Gasteiger partial charge in [-0.15, -0.1) is 0 Å². The van der Waals surface area contributed by atoms with Gasteiger partial charge in [-0.3, -0.25) is 5.32 Å². The summed E-state index contributed by atoms with van der Waals surface area (Å²) in [6.45, 7) is 5.47. The van der Waals surface area contributed by atoms with Crippen molar-refractivity contribution < 1.29 is 0 Å². The number of hydrogen-bond donors (Lipinski definition) is 2. The fourth-order valence-corrected chi connectivity index (χ4v) is 8.96. The summed E-state index contributed by atoms with van der Waals surface area (Å²) in [7, 11) is 2.15. The molecule has 54 heavy (non-hydrogen) atoms. The molecule has 4 nitrogen and oxygen atoms in total. The van der Waals surface area contributed by atoms with Gasteiger partial charge in [0.25, 0.3) is 0 Å². The monoisotopic (exact) mass is 698 g/mol. The van der Waals surface area contributed by atoms with Gasteiger partial charge in [0, 0.05) is 50.7 Å². The van der Waals surface area contributed by atoms with Crippen molar-refractivity contribution in [2.24, 2.45) is 7.05 Å². The summed E-state index contributed by atoms with van der Waals surface area (Å²) in [6.07, 6.45) is 4.22. The molecule has 2 N–H and O–H groups in total. The zero-order chi connectivity index (χ0) is 36.4. The van der Waals surface area contributed by atoms with E-state index in [-0.39, 0.29) is 5.41 Å². The predicted octanol–water partition coefficient (Wildman–Crippen LogP) is 11.8. The Morgan fingerprint density at radius 2 is 1.13 bits per heavy atom. The van der Waals surface area contributed by atoms with Crippen molar-refractivity contribution in [2.75, 3.05) is 6.67 Å². The maximum atomic E-state index is 3.48. The van der Waals surface area contributed by atoms with Gasteiger partial charge < -0.3 is 14.5 Å². The summed E-state index contributed by atoms with van der Waals surface area (Å²) in [5.74, 6) is 0. The van der Waals surface area contributed by atoms with Crippen molar-refractivity contribution in [3.8, 4) is 27.9 Å². The van der Waals surface area contributed by atoms with Gasteiger partial charge in [-0.2, -0.15) is 0 Å². The fraction of sp³-hybridized carbons (Fsp3) is 0.120. The molecule has 2 aliphatic rings. The van der Waals surface area contributed by atoms with Gasteiger partial charge in [0.1, 0.15) is 0 Å². The molecule has 4 heteroatoms. The summed E-state index contributed by atoms with van der Waals surface area (Å²) in [6, 6.07) is 57.7. The molecule has 0 saturated carbocycles. The molecule has 0 radical (unpaired) electrons. The number of hydrogen-bond acceptors (Lipinski definition) is 2. The summed E-state index contributed by atoms with van der Waals surface area (Å²) in [5.41, 5.74) is 15.8. The molecular formula is C50H42N4. The molecule has 11 rings (SSSR count). The van der Waals surface area contributed by atoms with Crippen molar-refractivity contribution >= 4 is 43.6 Å². The van der Waals surface area contributed by atoms with Crippen LogP contribution in [0.5, 0.6) is 0 Å². The highest BCUT2D eigenvalue weighted by Crippen LogP contribution is 2.49. The Morgan fingerprint density at radius 3 is 1.89 bits per heavy atom. The molecule has 0 spiro atoms. The van der Waals surface area contributed by atoms with Crippen LogP contribution in [0.3, 0.4) is 0 Å². The van der Waals surface area contributed by atoms with Gasteiger partial charge in [0.2, 0.25) is 0 Å². The molecule has 262 valence electrons. The third-order valence-corrected chi connectivity index (χ3v) is 11.7. The minimum Gasteiger partial charge on any atom is -0.379 e. The van der Waals surface area contributed by atoms with Gasteiger partial charge in [-0.05, 0) is 99.8 Å². The van der Waals surface area contributed by atoms with Crippen LogP contribution in [0.4, 0.5) is 0 Å². The van der Waals surface area contributed by atoms with Crippen molar-refractivity contribution in [3.05, 3.63) is 187 Å². The summed E-state index contributed by atoms with van der Waals surface area (Å²) in [4.78, 5) is 0. The minimum absolute atomic E-state index is 0.0819. The van der Waals surface area contributed by atoms with Gasteiger partial charge in [-0.1, -0.05) is 123 Å². The average molecular weight is 699 g/mol. The average Bonchev–Trinajstić information content (AvgIpc) is 3.80. The maximum Gasteiger partial charge on any atom is 0.0655 e. The van der Waals surface area contributed by atoms with E-state index in [4.69, 9.17) is 0 Å². The lowest BCUT2D eigenvalue weighted by atomic mass is 9.81. The molecule has 0 amide bonds. The molecule has 3 heterocycles. The summed E-state index contributed by atoms with van der Waals surface area (Å²) in [5, 5.41) is 11.8. The van der Waals surface area contributed by atoms with Crippen molar-refractivity contribution in [1.82, 2.24) is 19.8 Å². The second-order valence-corrected chi connectivity index (χ2v) is 15.1. The number of nitrogens with one attached hydrogen (secondary N) is 2. The minimum atomic E-state index is 0.0819. The molecule has 1 atom stereocenters. The van der Waals surface area contributed by atoms with E-state index < -0.39 is 0 Å². The fourth-order valence-electron chi connectivity index (χ4n) is 8.96. The Kier molecular flexibility index (Phi) is 7.57. The quantitative estimate of drug-likeness (QED) is 0.193. The molecule has 1 aliphatic carbocycles. The third kappa shape index (κ3) is 5.09. The number of nitrogens with zero attached hydrogens (tertiary/aromatic N) is 2. The highest BCUT2D eigenvalue weighted by atomic mass is 15.1. The van der Waals surface area contributed by atoms with E-state index in [1.165, 1.54) is 88.2 Å². The Labute approximate surface area is 316 Å². The molecule has 1 aliphatic heterocycles. The third-order valence-electron chi connectivity index (χ3n) is 11.7. The largest absolute Gasteiger partial charge is 0.379 e. The lowest BCUT2D eigenvalue weighted by Gasteiger charge is -2.24. The summed E-state index contributed by atoms with van der Waals surface area (Å²) < 4.78 is 4.65. The molecule has 0 fully saturated rings. The zero-order valence-corrected chi connectivity index (χ0v) is 30.8. The van der Waals surface area contributed by atoms with Crippen LogP contribution in [0.25, 0.3) is 71.6 Å². The highest BCUT2D eigenvalue weighted by molar-refractivity contribution is 6.12. The summed E-state index contributed by atoms with van der Waals surface area (Å²) >= 11 is 0. The lowest BCUT2D eigenvalue weighted by Crippen LogP contribution is -2.32. The van der Waals surface area contributed by atoms with E-state index >= 15 is 0 Å². The lowest BCUT2D eigenvalue weighted by molar-refractivity contribution is 0.562. The molecular weight excluding hydrogens is 657 g/mol. The van der Waals surface area contributed by atoms with Gasteiger partial charge in [0.05, 0.1) is 23.7 Å². The van der Waals surface area contributed by atoms with E-state index in [9.17, 15) is 0 Å². The number of rotatable bonds is 3. The van der Waals surface area contributed by atoms with Crippen molar-refractivity contribution in [1.29, 1.82) is 0 Å².